The predicted molar refractivity (Wildman–Crippen MR) is 86.3 cm³/mol. The minimum absolute atomic E-state index is 0.141. The molecule has 1 N–H and O–H groups in total. The summed E-state index contributed by atoms with van der Waals surface area (Å²) in [5.74, 6) is 0. The van der Waals surface area contributed by atoms with Gasteiger partial charge in [-0.05, 0) is 55.3 Å². The van der Waals surface area contributed by atoms with Crippen LogP contribution in [0, 0.1) is 13.8 Å². The summed E-state index contributed by atoms with van der Waals surface area (Å²) in [6, 6.07) is 10.8. The highest BCUT2D eigenvalue weighted by molar-refractivity contribution is 7.92. The van der Waals surface area contributed by atoms with Crippen LogP contribution in [0.25, 0.3) is 0 Å². The van der Waals surface area contributed by atoms with Crippen molar-refractivity contribution >= 4 is 25.5 Å². The summed E-state index contributed by atoms with van der Waals surface area (Å²) < 4.78 is 50.1. The summed E-state index contributed by atoms with van der Waals surface area (Å²) in [4.78, 5) is 0.349. The molecule has 5 nitrogen and oxygen atoms in total. The maximum atomic E-state index is 12.4. The van der Waals surface area contributed by atoms with E-state index in [9.17, 15) is 16.8 Å². The van der Waals surface area contributed by atoms with E-state index in [2.05, 4.69) is 4.72 Å². The van der Waals surface area contributed by atoms with Crippen molar-refractivity contribution in [2.24, 2.45) is 0 Å². The number of benzene rings is 2. The van der Waals surface area contributed by atoms with Crippen molar-refractivity contribution in [1.82, 2.24) is 0 Å². The molecular weight excluding hydrogens is 322 g/mol. The Morgan fingerprint density at radius 2 is 1.45 bits per heavy atom. The first-order chi connectivity index (χ1) is 10.1. The molecule has 0 fully saturated rings. The number of aryl methyl sites for hydroxylation is 2. The molecule has 2 rings (SSSR count). The lowest BCUT2D eigenvalue weighted by molar-refractivity contribution is 0.600. The SMILES string of the molecule is Cc1ccc(C)c(S(=O)(=O)Nc2ccc(S(C)(=O)=O)cc2)c1. The Balaban J connectivity index is 2.35. The number of anilines is 1. The van der Waals surface area contributed by atoms with Gasteiger partial charge in [0.1, 0.15) is 0 Å². The first-order valence-corrected chi connectivity index (χ1v) is 9.87. The van der Waals surface area contributed by atoms with Crippen LogP contribution >= 0.6 is 0 Å². The van der Waals surface area contributed by atoms with Gasteiger partial charge in [-0.15, -0.1) is 0 Å². The summed E-state index contributed by atoms with van der Waals surface area (Å²) in [5.41, 5.74) is 1.80. The molecule has 0 aliphatic carbocycles. The Kier molecular flexibility index (Phi) is 4.30. The highest BCUT2D eigenvalue weighted by Crippen LogP contribution is 2.21. The van der Waals surface area contributed by atoms with Gasteiger partial charge in [0.2, 0.25) is 0 Å². The average molecular weight is 339 g/mol. The van der Waals surface area contributed by atoms with E-state index in [1.165, 1.54) is 24.3 Å². The van der Waals surface area contributed by atoms with E-state index in [-0.39, 0.29) is 9.79 Å². The molecule has 0 spiro atoms. The molecule has 0 aromatic heterocycles. The molecule has 0 heterocycles. The Morgan fingerprint density at radius 1 is 0.864 bits per heavy atom. The van der Waals surface area contributed by atoms with Crippen molar-refractivity contribution in [2.75, 3.05) is 11.0 Å². The first kappa shape index (κ1) is 16.5. The van der Waals surface area contributed by atoms with Crippen molar-refractivity contribution in [3.8, 4) is 0 Å². The summed E-state index contributed by atoms with van der Waals surface area (Å²) in [6.07, 6.45) is 1.10. The third-order valence-electron chi connectivity index (χ3n) is 3.17. The van der Waals surface area contributed by atoms with Gasteiger partial charge in [0.05, 0.1) is 9.79 Å². The van der Waals surface area contributed by atoms with Gasteiger partial charge in [0.15, 0.2) is 9.84 Å². The van der Waals surface area contributed by atoms with Gasteiger partial charge in [-0.25, -0.2) is 16.8 Å². The smallest absolute Gasteiger partial charge is 0.262 e. The second-order valence-corrected chi connectivity index (χ2v) is 8.84. The van der Waals surface area contributed by atoms with Crippen LogP contribution in [0.2, 0.25) is 0 Å². The van der Waals surface area contributed by atoms with E-state index in [0.717, 1.165) is 11.8 Å². The molecule has 0 unspecified atom stereocenters. The van der Waals surface area contributed by atoms with Crippen LogP contribution in [0.1, 0.15) is 11.1 Å². The fourth-order valence-corrected chi connectivity index (χ4v) is 4.00. The van der Waals surface area contributed by atoms with E-state index in [4.69, 9.17) is 0 Å². The monoisotopic (exact) mass is 339 g/mol. The highest BCUT2D eigenvalue weighted by Gasteiger charge is 2.17. The van der Waals surface area contributed by atoms with Crippen LogP contribution in [0.3, 0.4) is 0 Å². The largest absolute Gasteiger partial charge is 0.280 e. The second-order valence-electron chi connectivity index (χ2n) is 5.17. The van der Waals surface area contributed by atoms with Gasteiger partial charge >= 0.3 is 0 Å². The van der Waals surface area contributed by atoms with Gasteiger partial charge in [-0.3, -0.25) is 4.72 Å². The van der Waals surface area contributed by atoms with Crippen molar-refractivity contribution in [2.45, 2.75) is 23.6 Å². The van der Waals surface area contributed by atoms with E-state index in [1.807, 2.05) is 13.0 Å². The van der Waals surface area contributed by atoms with Gasteiger partial charge < -0.3 is 0 Å². The van der Waals surface area contributed by atoms with E-state index < -0.39 is 19.9 Å². The molecule has 0 amide bonds. The molecular formula is C15H17NO4S2. The number of hydrogen-bond donors (Lipinski definition) is 1. The maximum absolute atomic E-state index is 12.4. The number of sulfone groups is 1. The van der Waals surface area contributed by atoms with Crippen molar-refractivity contribution in [3.05, 3.63) is 53.6 Å². The average Bonchev–Trinajstić information content (AvgIpc) is 2.40. The normalized spacial score (nSPS) is 12.1. The molecule has 0 bridgehead atoms. The summed E-state index contributed by atoms with van der Waals surface area (Å²) >= 11 is 0. The molecule has 0 aliphatic rings. The van der Waals surface area contributed by atoms with E-state index >= 15 is 0 Å². The molecule has 2 aromatic rings. The molecule has 0 atom stereocenters. The van der Waals surface area contributed by atoms with Gasteiger partial charge in [0.25, 0.3) is 10.0 Å². The number of sulfonamides is 1. The number of rotatable bonds is 4. The van der Waals surface area contributed by atoms with E-state index in [1.54, 1.807) is 19.1 Å². The standard InChI is InChI=1S/C15H17NO4S2/c1-11-4-5-12(2)15(10-11)22(19,20)16-13-6-8-14(9-7-13)21(3,17)18/h4-10,16H,1-3H3. The topological polar surface area (TPSA) is 80.3 Å². The lowest BCUT2D eigenvalue weighted by Gasteiger charge is -2.11. The molecule has 118 valence electrons. The second kappa shape index (κ2) is 5.73. The third-order valence-corrected chi connectivity index (χ3v) is 5.82. The number of nitrogens with one attached hydrogen (secondary N) is 1. The fourth-order valence-electron chi connectivity index (χ4n) is 1.98. The minimum Gasteiger partial charge on any atom is -0.280 e. The molecule has 0 saturated heterocycles. The molecule has 7 heteroatoms. The summed E-state index contributed by atoms with van der Waals surface area (Å²) in [5, 5.41) is 0. The van der Waals surface area contributed by atoms with Crippen LogP contribution in [0.5, 0.6) is 0 Å². The predicted octanol–water partition coefficient (Wildman–Crippen LogP) is 2.51. The molecule has 0 saturated carbocycles. The highest BCUT2D eigenvalue weighted by atomic mass is 32.2. The minimum atomic E-state index is -3.71. The van der Waals surface area contributed by atoms with Crippen LogP contribution in [0.4, 0.5) is 5.69 Å². The lowest BCUT2D eigenvalue weighted by Crippen LogP contribution is -2.14. The van der Waals surface area contributed by atoms with Crippen LogP contribution in [-0.2, 0) is 19.9 Å². The Morgan fingerprint density at radius 3 is 2.00 bits per heavy atom. The van der Waals surface area contributed by atoms with Crippen molar-refractivity contribution < 1.29 is 16.8 Å². The van der Waals surface area contributed by atoms with Crippen molar-refractivity contribution in [1.29, 1.82) is 0 Å². The van der Waals surface area contributed by atoms with Crippen LogP contribution < -0.4 is 4.72 Å². The van der Waals surface area contributed by atoms with Crippen LogP contribution in [0.15, 0.2) is 52.3 Å². The third kappa shape index (κ3) is 3.66. The van der Waals surface area contributed by atoms with E-state index in [0.29, 0.717) is 11.3 Å². The first-order valence-electron chi connectivity index (χ1n) is 6.50. The number of hydrogen-bond acceptors (Lipinski definition) is 4. The molecule has 2 aromatic carbocycles. The van der Waals surface area contributed by atoms with Gasteiger partial charge in [-0.2, -0.15) is 0 Å². The van der Waals surface area contributed by atoms with Gasteiger partial charge in [0, 0.05) is 11.9 Å². The Bertz CT molecular complexity index is 899. The zero-order valence-corrected chi connectivity index (χ0v) is 14.1. The quantitative estimate of drug-likeness (QED) is 0.928. The Labute approximate surface area is 131 Å². The fraction of sp³-hybridized carbons (Fsp3) is 0.200. The zero-order valence-electron chi connectivity index (χ0n) is 12.5. The van der Waals surface area contributed by atoms with Gasteiger partial charge in [-0.1, -0.05) is 12.1 Å². The zero-order chi connectivity index (χ0) is 16.5. The maximum Gasteiger partial charge on any atom is 0.262 e. The van der Waals surface area contributed by atoms with Crippen LogP contribution in [-0.4, -0.2) is 23.1 Å². The summed E-state index contributed by atoms with van der Waals surface area (Å²) in [7, 11) is -7.02. The molecule has 22 heavy (non-hydrogen) atoms. The molecule has 0 radical (unpaired) electrons. The Hall–Kier alpha value is -1.86. The molecule has 0 aliphatic heterocycles. The van der Waals surface area contributed by atoms with Crippen molar-refractivity contribution in [3.63, 3.8) is 0 Å². The lowest BCUT2D eigenvalue weighted by atomic mass is 10.2. The summed E-state index contributed by atoms with van der Waals surface area (Å²) in [6.45, 7) is 3.54.